The molecule has 3 atom stereocenters. The monoisotopic (exact) mass is 643 g/mol. The van der Waals surface area contributed by atoms with Gasteiger partial charge in [0.05, 0.1) is 22.8 Å². The largest absolute Gasteiger partial charge is 0.391 e. The molecule has 0 aliphatic rings. The van der Waals surface area contributed by atoms with Crippen LogP contribution in [0.5, 0.6) is 0 Å². The number of fused-ring (bicyclic) bond motifs is 1. The lowest BCUT2D eigenvalue weighted by Crippen LogP contribution is -2.55. The van der Waals surface area contributed by atoms with Gasteiger partial charge in [-0.15, -0.1) is 0 Å². The highest BCUT2D eigenvalue weighted by Gasteiger charge is 2.32. The van der Waals surface area contributed by atoms with Crippen molar-refractivity contribution in [3.8, 4) is 0 Å². The van der Waals surface area contributed by atoms with Crippen LogP contribution in [0.4, 0.5) is 0 Å². The highest BCUT2D eigenvalue weighted by atomic mass is 32.2. The van der Waals surface area contributed by atoms with Gasteiger partial charge >= 0.3 is 0 Å². The molecule has 0 aromatic heterocycles. The van der Waals surface area contributed by atoms with E-state index in [1.54, 1.807) is 48.5 Å². The Morgan fingerprint density at radius 1 is 0.783 bits per heavy atom. The fraction of sp³-hybridized carbons (Fsp3) is 0.306. The van der Waals surface area contributed by atoms with Crippen molar-refractivity contribution < 1.29 is 27.9 Å². The Morgan fingerprint density at radius 2 is 1.41 bits per heavy atom. The molecule has 0 fully saturated rings. The van der Waals surface area contributed by atoms with E-state index in [0.717, 1.165) is 16.3 Å². The van der Waals surface area contributed by atoms with E-state index in [2.05, 4.69) is 16.0 Å². The molecule has 0 unspecified atom stereocenters. The van der Waals surface area contributed by atoms with Crippen LogP contribution in [-0.2, 0) is 32.3 Å². The van der Waals surface area contributed by atoms with Gasteiger partial charge in [-0.25, -0.2) is 8.42 Å². The summed E-state index contributed by atoms with van der Waals surface area (Å²) >= 11 is 0. The third-order valence-corrected chi connectivity index (χ3v) is 9.17. The molecule has 0 saturated heterocycles. The van der Waals surface area contributed by atoms with Gasteiger partial charge in [0, 0.05) is 24.4 Å². The predicted octanol–water partition coefficient (Wildman–Crippen LogP) is 3.98. The van der Waals surface area contributed by atoms with Crippen molar-refractivity contribution in [2.45, 2.75) is 69.2 Å². The molecule has 4 rings (SSSR count). The van der Waals surface area contributed by atoms with Gasteiger partial charge < -0.3 is 21.1 Å². The predicted molar refractivity (Wildman–Crippen MR) is 179 cm³/mol. The first-order chi connectivity index (χ1) is 21.7. The van der Waals surface area contributed by atoms with Crippen LogP contribution in [0.3, 0.4) is 0 Å². The molecule has 46 heavy (non-hydrogen) atoms. The molecule has 4 aromatic rings. The van der Waals surface area contributed by atoms with Crippen LogP contribution in [0.2, 0.25) is 0 Å². The van der Waals surface area contributed by atoms with Gasteiger partial charge in [-0.05, 0) is 67.3 Å². The molecule has 3 amide bonds. The van der Waals surface area contributed by atoms with Gasteiger partial charge in [-0.1, -0.05) is 78.9 Å². The molecule has 10 heteroatoms. The third kappa shape index (κ3) is 9.48. The fourth-order valence-electron chi connectivity index (χ4n) is 5.23. The third-order valence-electron chi connectivity index (χ3n) is 7.43. The Morgan fingerprint density at radius 3 is 2.09 bits per heavy atom. The number of sulfone groups is 1. The number of carbonyl (C=O) groups excluding carboxylic acids is 3. The van der Waals surface area contributed by atoms with E-state index >= 15 is 0 Å². The Kier molecular flexibility index (Phi) is 11.0. The van der Waals surface area contributed by atoms with Crippen molar-refractivity contribution in [1.29, 1.82) is 0 Å². The number of rotatable bonds is 12. The molecule has 0 heterocycles. The standard InChI is InChI=1S/C36H41N3O6S/c1-24(40)37-32(23-46(44,45)29-19-18-26-14-8-9-15-27(26)21-29)35(43)38-31(20-25-12-6-5-7-13-25)33(41)22-28-16-10-11-17-30(28)34(42)39-36(2,3)4/h5-19,21,31-33,41H,20,22-23H2,1-4H3,(H,37,40)(H,38,43)(H,39,42)/t31-,32-,33+/m0/s1. The summed E-state index contributed by atoms with van der Waals surface area (Å²) in [5, 5.41) is 21.4. The maximum Gasteiger partial charge on any atom is 0.251 e. The molecule has 4 N–H and O–H groups in total. The molecule has 0 bridgehead atoms. The number of amides is 3. The summed E-state index contributed by atoms with van der Waals surface area (Å²) in [6.45, 7) is 6.83. The van der Waals surface area contributed by atoms with Crippen molar-refractivity contribution in [1.82, 2.24) is 16.0 Å². The molecule has 242 valence electrons. The van der Waals surface area contributed by atoms with E-state index in [4.69, 9.17) is 0 Å². The maximum absolute atomic E-state index is 13.7. The Balaban J connectivity index is 1.60. The van der Waals surface area contributed by atoms with E-state index in [1.165, 1.54) is 13.0 Å². The van der Waals surface area contributed by atoms with E-state index in [-0.39, 0.29) is 23.6 Å². The minimum absolute atomic E-state index is 0.0281. The first kappa shape index (κ1) is 34.3. The van der Waals surface area contributed by atoms with Gasteiger partial charge in [-0.2, -0.15) is 0 Å². The number of carbonyl (C=O) groups is 3. The lowest BCUT2D eigenvalue weighted by molar-refractivity contribution is -0.128. The van der Waals surface area contributed by atoms with Gasteiger partial charge in [0.15, 0.2) is 9.84 Å². The molecule has 0 spiro atoms. The number of aliphatic hydroxyl groups is 1. The first-order valence-corrected chi connectivity index (χ1v) is 16.8. The highest BCUT2D eigenvalue weighted by molar-refractivity contribution is 7.91. The van der Waals surface area contributed by atoms with E-state index in [9.17, 15) is 27.9 Å². The van der Waals surface area contributed by atoms with Gasteiger partial charge in [0.25, 0.3) is 5.91 Å². The number of hydrogen-bond acceptors (Lipinski definition) is 6. The van der Waals surface area contributed by atoms with Crippen LogP contribution in [0.1, 0.15) is 49.2 Å². The van der Waals surface area contributed by atoms with Crippen molar-refractivity contribution in [2.75, 3.05) is 5.75 Å². The molecular formula is C36H41N3O6S. The van der Waals surface area contributed by atoms with Gasteiger partial charge in [0.2, 0.25) is 11.8 Å². The lowest BCUT2D eigenvalue weighted by atomic mass is 9.93. The van der Waals surface area contributed by atoms with Crippen molar-refractivity contribution in [3.05, 3.63) is 114 Å². The quantitative estimate of drug-likeness (QED) is 0.184. The van der Waals surface area contributed by atoms with E-state index < -0.39 is 51.1 Å². The Hall–Kier alpha value is -4.54. The summed E-state index contributed by atoms with van der Waals surface area (Å²) in [6.07, 6.45) is -0.914. The fourth-order valence-corrected chi connectivity index (χ4v) is 6.68. The van der Waals surface area contributed by atoms with Crippen LogP contribution in [0, 0.1) is 0 Å². The maximum atomic E-state index is 13.7. The second kappa shape index (κ2) is 14.7. The van der Waals surface area contributed by atoms with Crippen LogP contribution in [0.25, 0.3) is 10.8 Å². The molecule has 0 radical (unpaired) electrons. The van der Waals surface area contributed by atoms with Crippen molar-refractivity contribution >= 4 is 38.3 Å². The summed E-state index contributed by atoms with van der Waals surface area (Å²) in [5.74, 6) is -2.30. The topological polar surface area (TPSA) is 142 Å². The second-order valence-electron chi connectivity index (χ2n) is 12.5. The van der Waals surface area contributed by atoms with Crippen LogP contribution < -0.4 is 16.0 Å². The minimum atomic E-state index is -4.02. The van der Waals surface area contributed by atoms with Gasteiger partial charge in [0.1, 0.15) is 6.04 Å². The molecule has 4 aromatic carbocycles. The molecule has 0 aliphatic heterocycles. The van der Waals surface area contributed by atoms with Crippen molar-refractivity contribution in [2.24, 2.45) is 0 Å². The summed E-state index contributed by atoms with van der Waals surface area (Å²) in [7, 11) is -4.02. The summed E-state index contributed by atoms with van der Waals surface area (Å²) < 4.78 is 27.0. The van der Waals surface area contributed by atoms with E-state index in [1.807, 2.05) is 63.2 Å². The summed E-state index contributed by atoms with van der Waals surface area (Å²) in [6, 6.07) is 25.9. The molecule has 0 saturated carbocycles. The second-order valence-corrected chi connectivity index (χ2v) is 14.5. The van der Waals surface area contributed by atoms with Gasteiger partial charge in [-0.3, -0.25) is 14.4 Å². The SMILES string of the molecule is CC(=O)N[C@@H](CS(=O)(=O)c1ccc2ccccc2c1)C(=O)N[C@@H](Cc1ccccc1)[C@H](O)Cc1ccccc1C(=O)NC(C)(C)C. The van der Waals surface area contributed by atoms with Crippen LogP contribution in [-0.4, -0.2) is 60.7 Å². The lowest BCUT2D eigenvalue weighted by Gasteiger charge is -2.28. The minimum Gasteiger partial charge on any atom is -0.391 e. The number of nitrogens with one attached hydrogen (secondary N) is 3. The van der Waals surface area contributed by atoms with E-state index in [0.29, 0.717) is 11.1 Å². The summed E-state index contributed by atoms with van der Waals surface area (Å²) in [5.41, 5.74) is 1.34. The smallest absolute Gasteiger partial charge is 0.251 e. The average molecular weight is 644 g/mol. The molecular weight excluding hydrogens is 602 g/mol. The number of hydrogen-bond donors (Lipinski definition) is 4. The zero-order valence-electron chi connectivity index (χ0n) is 26.5. The molecule has 0 aliphatic carbocycles. The zero-order valence-corrected chi connectivity index (χ0v) is 27.3. The molecule has 9 nitrogen and oxygen atoms in total. The van der Waals surface area contributed by atoms with Crippen LogP contribution in [0.15, 0.2) is 102 Å². The normalized spacial score (nSPS) is 13.8. The Bertz CT molecular complexity index is 1800. The summed E-state index contributed by atoms with van der Waals surface area (Å²) in [4.78, 5) is 38.9. The van der Waals surface area contributed by atoms with Crippen molar-refractivity contribution in [3.63, 3.8) is 0 Å². The number of benzene rings is 4. The number of aliphatic hydroxyl groups excluding tert-OH is 1. The van der Waals surface area contributed by atoms with Crippen LogP contribution >= 0.6 is 0 Å². The zero-order chi connectivity index (χ0) is 33.5. The average Bonchev–Trinajstić information content (AvgIpc) is 2.99. The first-order valence-electron chi connectivity index (χ1n) is 15.1. The highest BCUT2D eigenvalue weighted by Crippen LogP contribution is 2.21. The Labute approximate surface area is 270 Å².